The summed E-state index contributed by atoms with van der Waals surface area (Å²) in [5.41, 5.74) is -0.617. The van der Waals surface area contributed by atoms with Crippen LogP contribution >= 0.6 is 11.6 Å². The van der Waals surface area contributed by atoms with Crippen molar-refractivity contribution in [1.82, 2.24) is 0 Å². The van der Waals surface area contributed by atoms with Crippen molar-refractivity contribution >= 4 is 17.7 Å². The van der Waals surface area contributed by atoms with E-state index in [9.17, 15) is 4.79 Å². The maximum atomic E-state index is 9.69. The molecule has 1 unspecified atom stereocenters. The molecular weight excluding hydrogens is 138 g/mol. The Morgan fingerprint density at radius 1 is 1.56 bits per heavy atom. The van der Waals surface area contributed by atoms with Crippen LogP contribution in [0, 0.1) is 5.41 Å². The van der Waals surface area contributed by atoms with Crippen molar-refractivity contribution in [3.8, 4) is 0 Å². The van der Waals surface area contributed by atoms with Crippen molar-refractivity contribution < 1.29 is 4.79 Å². The molecule has 52 valence electrons. The number of rotatable bonds is 1. The van der Waals surface area contributed by atoms with Crippen LogP contribution in [-0.2, 0) is 4.79 Å². The molecule has 0 saturated carbocycles. The van der Waals surface area contributed by atoms with E-state index in [1.165, 1.54) is 6.08 Å². The van der Waals surface area contributed by atoms with E-state index >= 15 is 0 Å². The smallest absolute Gasteiger partial charge is 0.211 e. The molecule has 3 heteroatoms. The molecule has 0 N–H and O–H groups in total. The quantitative estimate of drug-likeness (QED) is 0.241. The Kier molecular flexibility index (Phi) is 2.89. The molecule has 0 aliphatic rings. The highest BCUT2D eigenvalue weighted by Crippen LogP contribution is 2.24. The zero-order chi connectivity index (χ0) is 7.49. The van der Waals surface area contributed by atoms with E-state index in [-0.39, 0.29) is 5.41 Å². The van der Waals surface area contributed by atoms with E-state index in [0.29, 0.717) is 0 Å². The summed E-state index contributed by atoms with van der Waals surface area (Å²) in [4.78, 5) is 13.0. The van der Waals surface area contributed by atoms with Crippen LogP contribution in [0.4, 0.5) is 0 Å². The van der Waals surface area contributed by atoms with Crippen LogP contribution in [0.15, 0.2) is 4.99 Å². The molecule has 0 spiro atoms. The van der Waals surface area contributed by atoms with E-state index in [1.807, 2.05) is 20.8 Å². The first kappa shape index (κ1) is 8.67. The number of carbonyl (C=O) groups excluding carboxylic acids is 1. The van der Waals surface area contributed by atoms with Crippen LogP contribution in [-0.4, -0.2) is 11.6 Å². The van der Waals surface area contributed by atoms with Crippen LogP contribution in [0.3, 0.4) is 0 Å². The third kappa shape index (κ3) is 3.28. The highest BCUT2D eigenvalue weighted by atomic mass is 35.5. The van der Waals surface area contributed by atoms with Crippen LogP contribution in [0.2, 0.25) is 0 Å². The Hall–Kier alpha value is -0.330. The van der Waals surface area contributed by atoms with Gasteiger partial charge in [-0.15, -0.1) is 0 Å². The van der Waals surface area contributed by atoms with Gasteiger partial charge in [-0.2, -0.15) is 4.99 Å². The highest BCUT2D eigenvalue weighted by Gasteiger charge is 2.20. The van der Waals surface area contributed by atoms with Crippen molar-refractivity contribution in [2.75, 3.05) is 0 Å². The summed E-state index contributed by atoms with van der Waals surface area (Å²) in [5.74, 6) is 0. The second-order valence-electron chi connectivity index (χ2n) is 2.92. The minimum atomic E-state index is -0.463. The number of nitrogens with zero attached hydrogens (tertiary/aromatic N) is 1. The lowest BCUT2D eigenvalue weighted by Crippen LogP contribution is -2.17. The van der Waals surface area contributed by atoms with Gasteiger partial charge in [0.15, 0.2) is 0 Å². The molecule has 0 aromatic rings. The van der Waals surface area contributed by atoms with Gasteiger partial charge in [-0.05, 0) is 5.41 Å². The molecule has 0 bridgehead atoms. The Morgan fingerprint density at radius 3 is 2.11 bits per heavy atom. The summed E-state index contributed by atoms with van der Waals surface area (Å²) in [7, 11) is 0. The summed E-state index contributed by atoms with van der Waals surface area (Å²) in [5, 5.41) is 0. The molecule has 0 rings (SSSR count). The Balaban J connectivity index is 4.03. The van der Waals surface area contributed by atoms with Gasteiger partial charge in [-0.1, -0.05) is 32.4 Å². The van der Waals surface area contributed by atoms with E-state index in [0.717, 1.165) is 0 Å². The second-order valence-corrected chi connectivity index (χ2v) is 3.34. The van der Waals surface area contributed by atoms with E-state index in [4.69, 9.17) is 11.6 Å². The fourth-order valence-corrected chi connectivity index (χ4v) is 0.280. The lowest BCUT2D eigenvalue weighted by atomic mass is 9.97. The zero-order valence-electron chi connectivity index (χ0n) is 5.81. The molecule has 0 aromatic heterocycles. The van der Waals surface area contributed by atoms with E-state index in [1.54, 1.807) is 0 Å². The molecule has 0 amide bonds. The Bertz CT molecular complexity index is 132. The number of hydrogen-bond donors (Lipinski definition) is 0. The van der Waals surface area contributed by atoms with Gasteiger partial charge in [0, 0.05) is 0 Å². The highest BCUT2D eigenvalue weighted by molar-refractivity contribution is 6.21. The van der Waals surface area contributed by atoms with Crippen molar-refractivity contribution in [3.05, 3.63) is 0 Å². The maximum absolute atomic E-state index is 9.69. The number of halogens is 1. The molecule has 0 fully saturated rings. The van der Waals surface area contributed by atoms with Crippen molar-refractivity contribution in [2.45, 2.75) is 26.3 Å². The van der Waals surface area contributed by atoms with E-state index in [2.05, 4.69) is 4.99 Å². The van der Waals surface area contributed by atoms with Crippen molar-refractivity contribution in [2.24, 2.45) is 10.4 Å². The molecule has 0 aromatic carbocycles. The van der Waals surface area contributed by atoms with Crippen LogP contribution in [0.1, 0.15) is 20.8 Å². The minimum absolute atomic E-state index is 0.154. The second kappa shape index (κ2) is 3.00. The maximum Gasteiger partial charge on any atom is 0.236 e. The van der Waals surface area contributed by atoms with Crippen LogP contribution in [0.25, 0.3) is 0 Å². The average molecular weight is 148 g/mol. The third-order valence-electron chi connectivity index (χ3n) is 0.881. The van der Waals surface area contributed by atoms with Crippen LogP contribution < -0.4 is 0 Å². The summed E-state index contributed by atoms with van der Waals surface area (Å²) in [6.45, 7) is 5.72. The van der Waals surface area contributed by atoms with Gasteiger partial charge >= 0.3 is 0 Å². The Morgan fingerprint density at radius 2 is 2.00 bits per heavy atom. The first-order valence-electron chi connectivity index (χ1n) is 2.69. The standard InChI is InChI=1S/C6H10ClNO/c1-6(2,3)5(7)8-4-9/h5H,1-3H3. The van der Waals surface area contributed by atoms with Gasteiger partial charge in [0.1, 0.15) is 5.50 Å². The summed E-state index contributed by atoms with van der Waals surface area (Å²) in [6.07, 6.45) is 1.42. The Labute approximate surface area is 59.9 Å². The molecule has 0 saturated heterocycles. The van der Waals surface area contributed by atoms with Gasteiger partial charge in [0.2, 0.25) is 6.08 Å². The molecule has 0 aliphatic carbocycles. The molecule has 2 nitrogen and oxygen atoms in total. The topological polar surface area (TPSA) is 29.4 Å². The first-order valence-corrected chi connectivity index (χ1v) is 3.13. The molecule has 0 heterocycles. The summed E-state index contributed by atoms with van der Waals surface area (Å²) in [6, 6.07) is 0. The summed E-state index contributed by atoms with van der Waals surface area (Å²) < 4.78 is 0. The van der Waals surface area contributed by atoms with Gasteiger partial charge < -0.3 is 0 Å². The predicted octanol–water partition coefficient (Wildman–Crippen LogP) is 1.93. The lowest BCUT2D eigenvalue weighted by Gasteiger charge is -2.19. The molecule has 0 radical (unpaired) electrons. The van der Waals surface area contributed by atoms with E-state index < -0.39 is 5.50 Å². The van der Waals surface area contributed by atoms with Crippen LogP contribution in [0.5, 0.6) is 0 Å². The molecule has 9 heavy (non-hydrogen) atoms. The monoisotopic (exact) mass is 147 g/mol. The normalized spacial score (nSPS) is 14.2. The average Bonchev–Trinajstić information content (AvgIpc) is 1.64. The van der Waals surface area contributed by atoms with Crippen molar-refractivity contribution in [1.29, 1.82) is 0 Å². The fourth-order valence-electron chi connectivity index (χ4n) is 0.240. The number of hydrogen-bond acceptors (Lipinski definition) is 2. The third-order valence-corrected chi connectivity index (χ3v) is 1.63. The zero-order valence-corrected chi connectivity index (χ0v) is 6.57. The van der Waals surface area contributed by atoms with Crippen molar-refractivity contribution in [3.63, 3.8) is 0 Å². The number of alkyl halides is 1. The SMILES string of the molecule is CC(C)(C)C(Cl)N=C=O. The van der Waals surface area contributed by atoms with Gasteiger partial charge in [0.05, 0.1) is 0 Å². The minimum Gasteiger partial charge on any atom is -0.211 e. The summed E-state index contributed by atoms with van der Waals surface area (Å²) >= 11 is 5.63. The number of aliphatic imine (C=N–C) groups is 1. The first-order chi connectivity index (χ1) is 3.98. The predicted molar refractivity (Wildman–Crippen MR) is 37.2 cm³/mol. The van der Waals surface area contributed by atoms with Gasteiger partial charge in [-0.25, -0.2) is 4.79 Å². The molecular formula is C6H10ClNO. The van der Waals surface area contributed by atoms with Gasteiger partial charge in [0.25, 0.3) is 0 Å². The van der Waals surface area contributed by atoms with Gasteiger partial charge in [-0.3, -0.25) is 0 Å². The number of isocyanates is 1. The molecule has 0 aliphatic heterocycles. The largest absolute Gasteiger partial charge is 0.236 e. The lowest BCUT2D eigenvalue weighted by molar-refractivity contribution is 0.394. The molecule has 1 atom stereocenters. The fraction of sp³-hybridized carbons (Fsp3) is 0.833.